The Morgan fingerprint density at radius 2 is 2.16 bits per heavy atom. The molecule has 1 aromatic heterocycles. The number of aryl methyl sites for hydroxylation is 2. The number of rotatable bonds is 4. The molecule has 0 unspecified atom stereocenters. The van der Waals surface area contributed by atoms with E-state index >= 15 is 0 Å². The lowest BCUT2D eigenvalue weighted by molar-refractivity contribution is 0.0535. The highest BCUT2D eigenvalue weighted by Crippen LogP contribution is 2.27. The van der Waals surface area contributed by atoms with Crippen LogP contribution in [0.15, 0.2) is 18.2 Å². The number of carbonyl (C=O) groups is 2. The van der Waals surface area contributed by atoms with E-state index in [2.05, 4.69) is 15.6 Å². The molecule has 1 aliphatic heterocycles. The number of cyclic esters (lactones) is 1. The summed E-state index contributed by atoms with van der Waals surface area (Å²) >= 11 is 1.78. The van der Waals surface area contributed by atoms with Gasteiger partial charge >= 0.3 is 12.0 Å². The largest absolute Gasteiger partial charge is 0.457 e. The van der Waals surface area contributed by atoms with Gasteiger partial charge in [-0.15, -0.1) is 11.3 Å². The second-order valence-corrected chi connectivity index (χ2v) is 7.43. The predicted octanol–water partition coefficient (Wildman–Crippen LogP) is 3.06. The first kappa shape index (κ1) is 16.1. The summed E-state index contributed by atoms with van der Waals surface area (Å²) in [5.41, 5.74) is 3.28. The van der Waals surface area contributed by atoms with E-state index in [9.17, 15) is 9.59 Å². The summed E-state index contributed by atoms with van der Waals surface area (Å²) in [5.74, 6) is -0.308. The molecule has 0 saturated carbocycles. The van der Waals surface area contributed by atoms with Gasteiger partial charge in [0, 0.05) is 29.1 Å². The summed E-state index contributed by atoms with van der Waals surface area (Å²) in [7, 11) is 0. The Morgan fingerprint density at radius 1 is 1.28 bits per heavy atom. The molecule has 0 radical (unpaired) electrons. The van der Waals surface area contributed by atoms with Gasteiger partial charge in [-0.1, -0.05) is 0 Å². The average Bonchev–Trinajstić information content (AvgIpc) is 3.18. The Bertz CT molecular complexity index is 807. The van der Waals surface area contributed by atoms with Crippen LogP contribution in [0.25, 0.3) is 0 Å². The van der Waals surface area contributed by atoms with Crippen LogP contribution >= 0.6 is 11.3 Å². The lowest BCUT2D eigenvalue weighted by Crippen LogP contribution is -2.30. The SMILES string of the molecule is O=C(NCCc1nc2c(s1)CCCC2)Nc1ccc2c(c1)COC2=O. The number of nitrogens with one attached hydrogen (secondary N) is 2. The number of esters is 1. The maximum absolute atomic E-state index is 12.0. The maximum Gasteiger partial charge on any atom is 0.338 e. The molecule has 2 N–H and O–H groups in total. The van der Waals surface area contributed by atoms with Gasteiger partial charge in [0.05, 0.1) is 16.3 Å². The van der Waals surface area contributed by atoms with Crippen molar-refractivity contribution in [2.45, 2.75) is 38.7 Å². The molecule has 2 heterocycles. The molecule has 2 aromatic rings. The second-order valence-electron chi connectivity index (χ2n) is 6.26. The molecule has 0 atom stereocenters. The molecule has 4 rings (SSSR count). The Kier molecular flexibility index (Phi) is 4.40. The van der Waals surface area contributed by atoms with E-state index in [1.165, 1.54) is 23.4 Å². The summed E-state index contributed by atoms with van der Waals surface area (Å²) in [4.78, 5) is 29.5. The lowest BCUT2D eigenvalue weighted by atomic mass is 10.0. The number of nitrogens with zero attached hydrogens (tertiary/aromatic N) is 1. The number of anilines is 1. The molecule has 2 amide bonds. The van der Waals surface area contributed by atoms with Crippen molar-refractivity contribution >= 4 is 29.0 Å². The molecule has 7 heteroatoms. The van der Waals surface area contributed by atoms with Crippen molar-refractivity contribution in [2.75, 3.05) is 11.9 Å². The van der Waals surface area contributed by atoms with Gasteiger partial charge in [0.15, 0.2) is 0 Å². The number of aromatic nitrogens is 1. The first-order valence-electron chi connectivity index (χ1n) is 8.51. The Labute approximate surface area is 149 Å². The van der Waals surface area contributed by atoms with E-state index in [1.807, 2.05) is 0 Å². The molecule has 0 spiro atoms. The monoisotopic (exact) mass is 357 g/mol. The molecule has 1 aliphatic carbocycles. The molecule has 6 nitrogen and oxygen atoms in total. The zero-order chi connectivity index (χ0) is 17.2. The molecule has 0 saturated heterocycles. The minimum absolute atomic E-state index is 0.258. The Hall–Kier alpha value is -2.41. The summed E-state index contributed by atoms with van der Waals surface area (Å²) in [6, 6.07) is 4.90. The van der Waals surface area contributed by atoms with Crippen LogP contribution in [-0.2, 0) is 30.6 Å². The maximum atomic E-state index is 12.0. The van der Waals surface area contributed by atoms with Crippen molar-refractivity contribution < 1.29 is 14.3 Å². The fourth-order valence-electron chi connectivity index (χ4n) is 3.18. The Morgan fingerprint density at radius 3 is 3.04 bits per heavy atom. The van der Waals surface area contributed by atoms with Crippen molar-refractivity contribution in [1.29, 1.82) is 0 Å². The normalized spacial score (nSPS) is 15.3. The number of benzene rings is 1. The molecule has 2 aliphatic rings. The molecular weight excluding hydrogens is 338 g/mol. The molecule has 0 bridgehead atoms. The quantitative estimate of drug-likeness (QED) is 0.824. The van der Waals surface area contributed by atoms with Gasteiger partial charge in [-0.2, -0.15) is 0 Å². The van der Waals surface area contributed by atoms with E-state index in [0.717, 1.165) is 29.8 Å². The summed E-state index contributed by atoms with van der Waals surface area (Å²) in [5, 5.41) is 6.74. The lowest BCUT2D eigenvalue weighted by Gasteiger charge is -2.07. The van der Waals surface area contributed by atoms with Crippen LogP contribution in [-0.4, -0.2) is 23.5 Å². The van der Waals surface area contributed by atoms with Crippen molar-refractivity contribution in [2.24, 2.45) is 0 Å². The van der Waals surface area contributed by atoms with Crippen molar-refractivity contribution in [1.82, 2.24) is 10.3 Å². The highest BCUT2D eigenvalue weighted by atomic mass is 32.1. The van der Waals surface area contributed by atoms with Crippen molar-refractivity contribution in [3.63, 3.8) is 0 Å². The molecule has 130 valence electrons. The van der Waals surface area contributed by atoms with Gasteiger partial charge in [0.2, 0.25) is 0 Å². The molecular formula is C18H19N3O3S. The van der Waals surface area contributed by atoms with Gasteiger partial charge in [-0.25, -0.2) is 14.6 Å². The minimum atomic E-state index is -0.308. The zero-order valence-electron chi connectivity index (χ0n) is 13.8. The first-order chi connectivity index (χ1) is 12.2. The van der Waals surface area contributed by atoms with E-state index in [0.29, 0.717) is 17.8 Å². The van der Waals surface area contributed by atoms with Crippen LogP contribution in [0.5, 0.6) is 0 Å². The number of urea groups is 1. The number of ether oxygens (including phenoxy) is 1. The van der Waals surface area contributed by atoms with Crippen LogP contribution in [0.4, 0.5) is 10.5 Å². The highest BCUT2D eigenvalue weighted by Gasteiger charge is 2.21. The summed E-state index contributed by atoms with van der Waals surface area (Å²) in [6.45, 7) is 0.810. The van der Waals surface area contributed by atoms with Gasteiger partial charge in [0.25, 0.3) is 0 Å². The molecule has 0 fully saturated rings. The summed E-state index contributed by atoms with van der Waals surface area (Å²) in [6.07, 6.45) is 5.47. The fourth-order valence-corrected chi connectivity index (χ4v) is 4.34. The molecule has 1 aromatic carbocycles. The van der Waals surface area contributed by atoms with Gasteiger partial charge < -0.3 is 15.4 Å². The van der Waals surface area contributed by atoms with Gasteiger partial charge in [0.1, 0.15) is 6.61 Å². The third kappa shape index (κ3) is 3.51. The van der Waals surface area contributed by atoms with Crippen molar-refractivity contribution in [3.05, 3.63) is 44.9 Å². The standard InChI is InChI=1S/C18H19N3O3S/c22-17-13-6-5-12(9-11(13)10-24-17)20-18(23)19-8-7-16-21-14-3-1-2-4-15(14)25-16/h5-6,9H,1-4,7-8,10H2,(H2,19,20,23). The number of hydrogen-bond acceptors (Lipinski definition) is 5. The minimum Gasteiger partial charge on any atom is -0.457 e. The topological polar surface area (TPSA) is 80.3 Å². The van der Waals surface area contributed by atoms with Crippen LogP contribution in [0.2, 0.25) is 0 Å². The van der Waals surface area contributed by atoms with Crippen LogP contribution < -0.4 is 10.6 Å². The summed E-state index contributed by atoms with van der Waals surface area (Å²) < 4.78 is 4.96. The third-order valence-electron chi connectivity index (χ3n) is 4.46. The Balaban J connectivity index is 1.28. The van der Waals surface area contributed by atoms with Crippen LogP contribution in [0, 0.1) is 0 Å². The van der Waals surface area contributed by atoms with Crippen LogP contribution in [0.3, 0.4) is 0 Å². The number of hydrogen-bond donors (Lipinski definition) is 2. The number of fused-ring (bicyclic) bond motifs is 2. The van der Waals surface area contributed by atoms with E-state index in [1.54, 1.807) is 29.5 Å². The number of amides is 2. The fraction of sp³-hybridized carbons (Fsp3) is 0.389. The molecule has 25 heavy (non-hydrogen) atoms. The van der Waals surface area contributed by atoms with Crippen molar-refractivity contribution in [3.8, 4) is 0 Å². The van der Waals surface area contributed by atoms with Gasteiger partial charge in [-0.3, -0.25) is 0 Å². The number of thiazole rings is 1. The average molecular weight is 357 g/mol. The smallest absolute Gasteiger partial charge is 0.338 e. The zero-order valence-corrected chi connectivity index (χ0v) is 14.6. The first-order valence-corrected chi connectivity index (χ1v) is 9.33. The van der Waals surface area contributed by atoms with E-state index in [-0.39, 0.29) is 18.6 Å². The van der Waals surface area contributed by atoms with Gasteiger partial charge in [-0.05, 0) is 43.9 Å². The highest BCUT2D eigenvalue weighted by molar-refractivity contribution is 7.11. The number of carbonyl (C=O) groups excluding carboxylic acids is 2. The van der Waals surface area contributed by atoms with E-state index < -0.39 is 0 Å². The third-order valence-corrected chi connectivity index (χ3v) is 5.67. The second kappa shape index (κ2) is 6.84. The predicted molar refractivity (Wildman–Crippen MR) is 95.0 cm³/mol. The van der Waals surface area contributed by atoms with E-state index in [4.69, 9.17) is 4.74 Å². The van der Waals surface area contributed by atoms with Crippen LogP contribution in [0.1, 0.15) is 44.3 Å².